The molecule has 0 radical (unpaired) electrons. The average Bonchev–Trinajstić information content (AvgIpc) is 2.45. The first kappa shape index (κ1) is 18.1. The number of hydrogen-bond acceptors (Lipinski definition) is 4. The van der Waals surface area contributed by atoms with Crippen LogP contribution in [0.4, 0.5) is 0 Å². The van der Waals surface area contributed by atoms with E-state index in [1.54, 1.807) is 12.1 Å². The molecule has 0 aromatic heterocycles. The van der Waals surface area contributed by atoms with Gasteiger partial charge in [0.25, 0.3) is 0 Å². The number of halogens is 1. The molecule has 6 nitrogen and oxygen atoms in total. The lowest BCUT2D eigenvalue weighted by Gasteiger charge is -2.11. The first-order valence-electron chi connectivity index (χ1n) is 6.54. The summed E-state index contributed by atoms with van der Waals surface area (Å²) in [7, 11) is -1.76. The zero-order valence-corrected chi connectivity index (χ0v) is 14.4. The monoisotopic (exact) mass is 377 g/mol. The molecule has 1 amide bonds. The van der Waals surface area contributed by atoms with Gasteiger partial charge in [-0.05, 0) is 38.2 Å². The van der Waals surface area contributed by atoms with E-state index in [9.17, 15) is 13.2 Å². The molecule has 118 valence electrons. The van der Waals surface area contributed by atoms with Gasteiger partial charge in [-0.25, -0.2) is 13.1 Å². The van der Waals surface area contributed by atoms with Crippen molar-refractivity contribution in [3.05, 3.63) is 28.7 Å². The number of hydrogen-bond donors (Lipinski definition) is 3. The summed E-state index contributed by atoms with van der Waals surface area (Å²) < 4.78 is 27.2. The van der Waals surface area contributed by atoms with Gasteiger partial charge in [-0.2, -0.15) is 0 Å². The van der Waals surface area contributed by atoms with E-state index in [4.69, 9.17) is 0 Å². The summed E-state index contributed by atoms with van der Waals surface area (Å²) in [6.45, 7) is 2.52. The highest BCUT2D eigenvalue weighted by Gasteiger charge is 2.13. The number of rotatable bonds is 8. The van der Waals surface area contributed by atoms with Crippen LogP contribution < -0.4 is 15.4 Å². The van der Waals surface area contributed by atoms with E-state index in [-0.39, 0.29) is 29.8 Å². The molecule has 0 fully saturated rings. The van der Waals surface area contributed by atoms with Gasteiger partial charge >= 0.3 is 0 Å². The molecule has 8 heteroatoms. The molecule has 0 saturated heterocycles. The van der Waals surface area contributed by atoms with E-state index in [2.05, 4.69) is 31.3 Å². The van der Waals surface area contributed by atoms with Crippen LogP contribution in [0.3, 0.4) is 0 Å². The van der Waals surface area contributed by atoms with Crippen LogP contribution >= 0.6 is 15.9 Å². The van der Waals surface area contributed by atoms with E-state index in [1.807, 2.05) is 14.0 Å². The Bertz CT molecular complexity index is 561. The Morgan fingerprint density at radius 1 is 1.29 bits per heavy atom. The molecule has 3 N–H and O–H groups in total. The van der Waals surface area contributed by atoms with Crippen LogP contribution in [0.2, 0.25) is 0 Å². The fraction of sp³-hybridized carbons (Fsp3) is 0.462. The fourth-order valence-corrected chi connectivity index (χ4v) is 2.75. The van der Waals surface area contributed by atoms with Gasteiger partial charge in [0, 0.05) is 30.0 Å². The minimum atomic E-state index is -3.57. The number of likely N-dealkylation sites (N-methyl/N-ethyl adjacent to an activating group) is 1. The van der Waals surface area contributed by atoms with Gasteiger partial charge in [-0.3, -0.25) is 4.79 Å². The first-order chi connectivity index (χ1) is 9.85. The summed E-state index contributed by atoms with van der Waals surface area (Å²) in [6.07, 6.45) is 0.103. The lowest BCUT2D eigenvalue weighted by atomic mass is 10.3. The number of benzene rings is 1. The number of carbonyl (C=O) groups excluding carboxylic acids is 1. The summed E-state index contributed by atoms with van der Waals surface area (Å²) in [6, 6.07) is 6.48. The van der Waals surface area contributed by atoms with Crippen molar-refractivity contribution < 1.29 is 13.2 Å². The number of sulfonamides is 1. The first-order valence-corrected chi connectivity index (χ1v) is 8.82. The van der Waals surface area contributed by atoms with Crippen molar-refractivity contribution in [2.75, 3.05) is 20.1 Å². The molecule has 0 aliphatic heterocycles. The lowest BCUT2D eigenvalue weighted by molar-refractivity contribution is -0.121. The van der Waals surface area contributed by atoms with Crippen LogP contribution in [0.1, 0.15) is 13.3 Å². The molecule has 0 spiro atoms. The second-order valence-electron chi connectivity index (χ2n) is 4.60. The molecule has 1 atom stereocenters. The molecule has 1 unspecified atom stereocenters. The molecular formula is C13H20BrN3O3S. The van der Waals surface area contributed by atoms with Crippen LogP contribution in [0.5, 0.6) is 0 Å². The minimum Gasteiger partial charge on any atom is -0.355 e. The van der Waals surface area contributed by atoms with Gasteiger partial charge in [0.05, 0.1) is 4.90 Å². The lowest BCUT2D eigenvalue weighted by Crippen LogP contribution is -2.38. The molecular weight excluding hydrogens is 358 g/mol. The van der Waals surface area contributed by atoms with Crippen molar-refractivity contribution in [3.8, 4) is 0 Å². The average molecular weight is 378 g/mol. The Labute approximate surface area is 133 Å². The zero-order chi connectivity index (χ0) is 15.9. The molecule has 0 saturated carbocycles. The predicted octanol–water partition coefficient (Wildman–Crippen LogP) is 0.842. The second-order valence-corrected chi connectivity index (χ2v) is 7.28. The maximum atomic E-state index is 12.0. The molecule has 1 aromatic carbocycles. The van der Waals surface area contributed by atoms with E-state index < -0.39 is 10.0 Å². The van der Waals surface area contributed by atoms with E-state index in [1.165, 1.54) is 12.1 Å². The van der Waals surface area contributed by atoms with Crippen LogP contribution in [-0.4, -0.2) is 40.5 Å². The Kier molecular flexibility index (Phi) is 7.30. The third-order valence-corrected chi connectivity index (χ3v) is 4.87. The molecule has 21 heavy (non-hydrogen) atoms. The van der Waals surface area contributed by atoms with Crippen LogP contribution in [0.15, 0.2) is 33.6 Å². The largest absolute Gasteiger partial charge is 0.355 e. The number of carbonyl (C=O) groups is 1. The maximum absolute atomic E-state index is 12.0. The topological polar surface area (TPSA) is 87.3 Å². The van der Waals surface area contributed by atoms with E-state index in [0.29, 0.717) is 6.54 Å². The van der Waals surface area contributed by atoms with Gasteiger partial charge in [0.15, 0.2) is 0 Å². The van der Waals surface area contributed by atoms with Crippen LogP contribution in [-0.2, 0) is 14.8 Å². The Morgan fingerprint density at radius 2 is 1.90 bits per heavy atom. The highest BCUT2D eigenvalue weighted by atomic mass is 79.9. The number of nitrogens with one attached hydrogen (secondary N) is 3. The van der Waals surface area contributed by atoms with Crippen molar-refractivity contribution in [1.29, 1.82) is 0 Å². The summed E-state index contributed by atoms with van der Waals surface area (Å²) in [4.78, 5) is 11.7. The minimum absolute atomic E-state index is 0.0676. The van der Waals surface area contributed by atoms with Gasteiger partial charge in [-0.15, -0.1) is 0 Å². The highest BCUT2D eigenvalue weighted by molar-refractivity contribution is 9.10. The standard InChI is InChI=1S/C13H20BrN3O3S/c1-10(15-2)9-16-13(18)7-8-17-21(19,20)12-5-3-11(14)4-6-12/h3-6,10,15,17H,7-9H2,1-2H3,(H,16,18). The quantitative estimate of drug-likeness (QED) is 0.626. The molecule has 0 aliphatic rings. The Balaban J connectivity index is 2.40. The second kappa shape index (κ2) is 8.47. The summed E-state index contributed by atoms with van der Waals surface area (Å²) in [5.74, 6) is -0.185. The van der Waals surface area contributed by atoms with Gasteiger partial charge in [0.1, 0.15) is 0 Å². The Morgan fingerprint density at radius 3 is 2.48 bits per heavy atom. The van der Waals surface area contributed by atoms with E-state index in [0.717, 1.165) is 4.47 Å². The Hall–Kier alpha value is -0.960. The smallest absolute Gasteiger partial charge is 0.240 e. The highest BCUT2D eigenvalue weighted by Crippen LogP contribution is 2.14. The van der Waals surface area contributed by atoms with Crippen molar-refractivity contribution in [2.45, 2.75) is 24.3 Å². The van der Waals surface area contributed by atoms with Gasteiger partial charge in [-0.1, -0.05) is 15.9 Å². The summed E-state index contributed by atoms with van der Waals surface area (Å²) in [5, 5.41) is 5.72. The van der Waals surface area contributed by atoms with Gasteiger partial charge < -0.3 is 10.6 Å². The summed E-state index contributed by atoms with van der Waals surface area (Å²) >= 11 is 3.25. The van der Waals surface area contributed by atoms with Crippen molar-refractivity contribution in [2.24, 2.45) is 0 Å². The van der Waals surface area contributed by atoms with E-state index >= 15 is 0 Å². The van der Waals surface area contributed by atoms with Crippen molar-refractivity contribution in [3.63, 3.8) is 0 Å². The van der Waals surface area contributed by atoms with Gasteiger partial charge in [0.2, 0.25) is 15.9 Å². The number of amides is 1. The maximum Gasteiger partial charge on any atom is 0.240 e. The SMILES string of the molecule is CNC(C)CNC(=O)CCNS(=O)(=O)c1ccc(Br)cc1. The zero-order valence-electron chi connectivity index (χ0n) is 12.0. The van der Waals surface area contributed by atoms with Crippen LogP contribution in [0.25, 0.3) is 0 Å². The molecule has 0 aliphatic carbocycles. The third-order valence-electron chi connectivity index (χ3n) is 2.87. The van der Waals surface area contributed by atoms with Crippen molar-refractivity contribution >= 4 is 31.9 Å². The third kappa shape index (κ3) is 6.56. The normalized spacial score (nSPS) is 12.9. The molecule has 0 bridgehead atoms. The van der Waals surface area contributed by atoms with Crippen LogP contribution in [0, 0.1) is 0 Å². The summed E-state index contributed by atoms with van der Waals surface area (Å²) in [5.41, 5.74) is 0. The fourth-order valence-electron chi connectivity index (χ4n) is 1.45. The molecule has 0 heterocycles. The molecule has 1 aromatic rings. The van der Waals surface area contributed by atoms with Crippen molar-refractivity contribution in [1.82, 2.24) is 15.4 Å². The predicted molar refractivity (Wildman–Crippen MR) is 85.5 cm³/mol. The molecule has 1 rings (SSSR count).